The van der Waals surface area contributed by atoms with Crippen LogP contribution in [0.5, 0.6) is 0 Å². The molecule has 0 saturated heterocycles. The van der Waals surface area contributed by atoms with Crippen LogP contribution in [0.4, 0.5) is 0 Å². The molecular formula is C17H26N4OS. The summed E-state index contributed by atoms with van der Waals surface area (Å²) in [4.78, 5) is 19.3. The fourth-order valence-corrected chi connectivity index (χ4v) is 3.62. The summed E-state index contributed by atoms with van der Waals surface area (Å²) >= 11 is 1.82. The number of H-pyrrole nitrogens is 1. The Balaban J connectivity index is 1.86. The molecule has 0 saturated carbocycles. The van der Waals surface area contributed by atoms with Crippen molar-refractivity contribution in [3.63, 3.8) is 0 Å². The first-order valence-corrected chi connectivity index (χ1v) is 8.92. The van der Waals surface area contributed by atoms with Crippen LogP contribution < -0.4 is 5.32 Å². The minimum absolute atomic E-state index is 0.0655. The Morgan fingerprint density at radius 3 is 2.61 bits per heavy atom. The van der Waals surface area contributed by atoms with Crippen LogP contribution in [0.2, 0.25) is 0 Å². The molecule has 0 aliphatic carbocycles. The molecule has 1 amide bonds. The van der Waals surface area contributed by atoms with Crippen molar-refractivity contribution in [1.29, 1.82) is 0 Å². The van der Waals surface area contributed by atoms with Gasteiger partial charge in [0.25, 0.3) is 0 Å². The monoisotopic (exact) mass is 334 g/mol. The Bertz CT molecular complexity index is 659. The van der Waals surface area contributed by atoms with Gasteiger partial charge in [0.2, 0.25) is 5.91 Å². The van der Waals surface area contributed by atoms with Gasteiger partial charge >= 0.3 is 0 Å². The van der Waals surface area contributed by atoms with Gasteiger partial charge in [0, 0.05) is 16.2 Å². The van der Waals surface area contributed by atoms with Gasteiger partial charge in [0.05, 0.1) is 6.04 Å². The number of carbonyl (C=O) groups is 1. The maximum Gasteiger partial charge on any atom is 0.220 e. The number of aryl methyl sites for hydroxylation is 4. The highest BCUT2D eigenvalue weighted by Gasteiger charge is 2.22. The molecule has 0 spiro atoms. The van der Waals surface area contributed by atoms with Gasteiger partial charge in [-0.3, -0.25) is 9.89 Å². The quantitative estimate of drug-likeness (QED) is 0.812. The number of aromatic nitrogens is 3. The lowest BCUT2D eigenvalue weighted by molar-refractivity contribution is -0.122. The van der Waals surface area contributed by atoms with Crippen LogP contribution in [0.25, 0.3) is 0 Å². The van der Waals surface area contributed by atoms with Crippen molar-refractivity contribution in [3.05, 3.63) is 33.0 Å². The number of carbonyl (C=O) groups excluding carboxylic acids is 1. The predicted molar refractivity (Wildman–Crippen MR) is 93.6 cm³/mol. The van der Waals surface area contributed by atoms with E-state index in [4.69, 9.17) is 0 Å². The maximum absolute atomic E-state index is 12.2. The number of nitrogens with zero attached hydrogens (tertiary/aromatic N) is 2. The first-order valence-electron chi connectivity index (χ1n) is 8.11. The van der Waals surface area contributed by atoms with Crippen molar-refractivity contribution in [1.82, 2.24) is 20.5 Å². The van der Waals surface area contributed by atoms with Gasteiger partial charge in [-0.1, -0.05) is 13.8 Å². The van der Waals surface area contributed by atoms with E-state index < -0.39 is 0 Å². The van der Waals surface area contributed by atoms with Crippen LogP contribution in [-0.2, 0) is 11.2 Å². The molecule has 2 aromatic heterocycles. The molecule has 0 unspecified atom stereocenters. The molecule has 0 aromatic carbocycles. The molecule has 1 atom stereocenters. The second-order valence-electron chi connectivity index (χ2n) is 6.36. The van der Waals surface area contributed by atoms with E-state index in [-0.39, 0.29) is 17.9 Å². The molecule has 2 aromatic rings. The smallest absolute Gasteiger partial charge is 0.220 e. The third kappa shape index (κ3) is 4.89. The van der Waals surface area contributed by atoms with E-state index in [0.717, 1.165) is 18.7 Å². The zero-order valence-corrected chi connectivity index (χ0v) is 15.4. The van der Waals surface area contributed by atoms with Crippen LogP contribution in [0.1, 0.15) is 59.7 Å². The molecule has 0 fully saturated rings. The summed E-state index contributed by atoms with van der Waals surface area (Å²) in [7, 11) is 0. The maximum atomic E-state index is 12.2. The number of rotatable bonds is 7. The van der Waals surface area contributed by atoms with Crippen molar-refractivity contribution < 1.29 is 4.79 Å². The second kappa shape index (κ2) is 7.73. The zero-order chi connectivity index (χ0) is 17.0. The zero-order valence-electron chi connectivity index (χ0n) is 14.6. The summed E-state index contributed by atoms with van der Waals surface area (Å²) in [6.07, 6.45) is 2.34. The van der Waals surface area contributed by atoms with Gasteiger partial charge in [-0.2, -0.15) is 5.10 Å². The van der Waals surface area contributed by atoms with Gasteiger partial charge in [-0.05, 0) is 51.2 Å². The van der Waals surface area contributed by atoms with E-state index in [0.29, 0.717) is 12.2 Å². The first-order chi connectivity index (χ1) is 10.9. The van der Waals surface area contributed by atoms with Crippen molar-refractivity contribution >= 4 is 17.2 Å². The Kier molecular flexibility index (Phi) is 5.93. The summed E-state index contributed by atoms with van der Waals surface area (Å²) in [5.74, 6) is 1.74. The lowest BCUT2D eigenvalue weighted by Gasteiger charge is -2.19. The van der Waals surface area contributed by atoms with Gasteiger partial charge in [-0.15, -0.1) is 11.3 Å². The average Bonchev–Trinajstić information content (AvgIpc) is 3.02. The highest BCUT2D eigenvalue weighted by molar-refractivity contribution is 7.12. The number of aromatic amines is 1. The standard InChI is InChI=1S/C17H26N4OS/c1-10(2)16(17-18-13(5)20-21-17)19-15(22)8-6-7-14-9-11(3)23-12(14)4/h9-10,16H,6-8H2,1-5H3,(H,19,22)(H,18,20,21)/t16-/m0/s1. The Morgan fingerprint density at radius 2 is 2.09 bits per heavy atom. The number of amides is 1. The molecule has 6 heteroatoms. The summed E-state index contributed by atoms with van der Waals surface area (Å²) < 4.78 is 0. The Morgan fingerprint density at radius 1 is 1.35 bits per heavy atom. The average molecular weight is 334 g/mol. The predicted octanol–water partition coefficient (Wildman–Crippen LogP) is 3.63. The highest BCUT2D eigenvalue weighted by Crippen LogP contribution is 2.22. The van der Waals surface area contributed by atoms with E-state index in [1.807, 2.05) is 18.3 Å². The second-order valence-corrected chi connectivity index (χ2v) is 7.82. The lowest BCUT2D eigenvalue weighted by atomic mass is 10.0. The molecular weight excluding hydrogens is 308 g/mol. The first kappa shape index (κ1) is 17.7. The molecule has 0 aliphatic heterocycles. The van der Waals surface area contributed by atoms with E-state index in [9.17, 15) is 4.79 Å². The summed E-state index contributed by atoms with van der Waals surface area (Å²) in [5, 5.41) is 10.1. The molecule has 5 nitrogen and oxygen atoms in total. The number of nitrogens with one attached hydrogen (secondary N) is 2. The molecule has 0 aliphatic rings. The van der Waals surface area contributed by atoms with Crippen molar-refractivity contribution in [2.45, 2.75) is 59.9 Å². The van der Waals surface area contributed by atoms with Crippen molar-refractivity contribution in [2.24, 2.45) is 5.92 Å². The van der Waals surface area contributed by atoms with Gasteiger partial charge in [0.15, 0.2) is 5.82 Å². The van der Waals surface area contributed by atoms with Crippen molar-refractivity contribution in [3.8, 4) is 0 Å². The summed E-state index contributed by atoms with van der Waals surface area (Å²) in [6, 6.07) is 2.09. The van der Waals surface area contributed by atoms with Gasteiger partial charge < -0.3 is 5.32 Å². The molecule has 2 rings (SSSR count). The third-order valence-electron chi connectivity index (χ3n) is 3.87. The molecule has 2 heterocycles. The van der Waals surface area contributed by atoms with Gasteiger partial charge in [-0.25, -0.2) is 4.98 Å². The fraction of sp³-hybridized carbons (Fsp3) is 0.588. The Hall–Kier alpha value is -1.69. The summed E-state index contributed by atoms with van der Waals surface area (Å²) in [5.41, 5.74) is 1.37. The third-order valence-corrected chi connectivity index (χ3v) is 4.88. The number of hydrogen-bond donors (Lipinski definition) is 2. The molecule has 126 valence electrons. The SMILES string of the molecule is Cc1nc([C@@H](NC(=O)CCCc2cc(C)sc2C)C(C)C)n[nH]1. The molecule has 23 heavy (non-hydrogen) atoms. The highest BCUT2D eigenvalue weighted by atomic mass is 32.1. The normalized spacial score (nSPS) is 12.6. The molecule has 2 N–H and O–H groups in total. The van der Waals surface area contributed by atoms with Crippen molar-refractivity contribution in [2.75, 3.05) is 0 Å². The minimum atomic E-state index is -0.141. The number of thiophene rings is 1. The van der Waals surface area contributed by atoms with E-state index >= 15 is 0 Å². The minimum Gasteiger partial charge on any atom is -0.346 e. The van der Waals surface area contributed by atoms with Crippen LogP contribution >= 0.6 is 11.3 Å². The van der Waals surface area contributed by atoms with E-state index in [2.05, 4.69) is 54.3 Å². The largest absolute Gasteiger partial charge is 0.346 e. The topological polar surface area (TPSA) is 70.7 Å². The van der Waals surface area contributed by atoms with Crippen LogP contribution in [0.3, 0.4) is 0 Å². The molecule has 0 radical (unpaired) electrons. The molecule has 0 bridgehead atoms. The number of hydrogen-bond acceptors (Lipinski definition) is 4. The van der Waals surface area contributed by atoms with E-state index in [1.54, 1.807) is 0 Å². The van der Waals surface area contributed by atoms with Crippen LogP contribution in [0.15, 0.2) is 6.07 Å². The van der Waals surface area contributed by atoms with Gasteiger partial charge in [0.1, 0.15) is 5.82 Å². The fourth-order valence-electron chi connectivity index (χ4n) is 2.65. The van der Waals surface area contributed by atoms with Crippen LogP contribution in [0, 0.1) is 26.7 Å². The Labute approximate surface area is 141 Å². The summed E-state index contributed by atoms with van der Waals surface area (Å²) in [6.45, 7) is 10.3. The lowest BCUT2D eigenvalue weighted by Crippen LogP contribution is -2.32. The van der Waals surface area contributed by atoms with E-state index in [1.165, 1.54) is 15.3 Å². The van der Waals surface area contributed by atoms with Crippen LogP contribution in [-0.4, -0.2) is 21.1 Å².